The number of nitrogens with zero attached hydrogens (tertiary/aromatic N) is 4. The van der Waals surface area contributed by atoms with E-state index in [1.807, 2.05) is 0 Å². The van der Waals surface area contributed by atoms with Crippen LogP contribution in [-0.2, 0) is 63.5 Å². The number of hydrogen-bond acceptors (Lipinski definition) is 10. The molecule has 2 aliphatic heterocycles. The maximum absolute atomic E-state index is 14.5. The molecule has 26 heteroatoms. The zero-order valence-electron chi connectivity index (χ0n) is 42.4. The lowest BCUT2D eigenvalue weighted by Gasteiger charge is -2.24. The van der Waals surface area contributed by atoms with E-state index in [0.29, 0.717) is 21.9 Å². The van der Waals surface area contributed by atoms with Crippen LogP contribution in [-0.4, -0.2) is 115 Å². The van der Waals surface area contributed by atoms with Crippen molar-refractivity contribution in [1.29, 1.82) is 0 Å². The van der Waals surface area contributed by atoms with Gasteiger partial charge in [-0.05, 0) is 64.1 Å². The maximum atomic E-state index is 14.5. The number of amides is 4. The molecule has 416 valence electrons. The Labute approximate surface area is 454 Å². The van der Waals surface area contributed by atoms with Crippen molar-refractivity contribution in [2.24, 2.45) is 0 Å². The number of hydrogen-bond donors (Lipinski definition) is 4. The molecule has 2 saturated heterocycles. The summed E-state index contributed by atoms with van der Waals surface area (Å²) in [5, 5.41) is 5.75. The summed E-state index contributed by atoms with van der Waals surface area (Å²) in [4.78, 5) is 98.2. The van der Waals surface area contributed by atoms with Gasteiger partial charge in [-0.1, -0.05) is 59.6 Å². The van der Waals surface area contributed by atoms with E-state index >= 15 is 0 Å². The summed E-state index contributed by atoms with van der Waals surface area (Å²) in [5.74, 6) is -4.43. The van der Waals surface area contributed by atoms with Gasteiger partial charge in [-0.3, -0.25) is 37.9 Å². The molecule has 78 heavy (non-hydrogen) atoms. The topological polar surface area (TPSA) is 236 Å². The highest BCUT2D eigenvalue weighted by Crippen LogP contribution is 2.47. The van der Waals surface area contributed by atoms with Crippen LogP contribution < -0.4 is 21.2 Å². The number of likely N-dealkylation sites (tertiary alicyclic amines) is 2. The first-order chi connectivity index (χ1) is 36.8. The second-order valence-corrected chi connectivity index (χ2v) is 22.8. The van der Waals surface area contributed by atoms with Gasteiger partial charge in [0.2, 0.25) is 23.6 Å². The van der Waals surface area contributed by atoms with E-state index in [-0.39, 0.29) is 113 Å². The summed E-state index contributed by atoms with van der Waals surface area (Å²) in [6.07, 6.45) is -0.463. The summed E-state index contributed by atoms with van der Waals surface area (Å²) in [6.45, 7) is 4.59. The summed E-state index contributed by atoms with van der Waals surface area (Å²) in [6, 6.07) is 15.0. The number of nitrogens with one attached hydrogen (secondary N) is 2. The lowest BCUT2D eigenvalue weighted by atomic mass is 10.1. The number of Topliss-reactive ketones (excluding diaryl/α,β-unsaturated/α-hetero) is 2. The van der Waals surface area contributed by atoms with Crippen LogP contribution in [0.3, 0.4) is 0 Å². The second-order valence-electron chi connectivity index (χ2n) is 18.4. The Bertz CT molecular complexity index is 3420. The fourth-order valence-electron chi connectivity index (χ4n) is 9.32. The highest BCUT2D eigenvalue weighted by atomic mass is 35.5. The Morgan fingerprint density at radius 3 is 1.42 bits per heavy atom. The van der Waals surface area contributed by atoms with Crippen molar-refractivity contribution in [3.05, 3.63) is 129 Å². The predicted octanol–water partition coefficient (Wildman–Crippen LogP) is 7.48. The Morgan fingerprint density at radius 2 is 1.04 bits per heavy atom. The van der Waals surface area contributed by atoms with Crippen molar-refractivity contribution in [3.63, 3.8) is 0 Å². The third-order valence-electron chi connectivity index (χ3n) is 13.1. The van der Waals surface area contributed by atoms with Crippen LogP contribution in [0.25, 0.3) is 21.8 Å². The summed E-state index contributed by atoms with van der Waals surface area (Å²) < 4.78 is 96.1. The number of carbonyl (C=O) groups is 6. The molecule has 8 rings (SSSR count). The van der Waals surface area contributed by atoms with E-state index in [0.717, 1.165) is 9.80 Å². The lowest BCUT2D eigenvalue weighted by Crippen LogP contribution is -2.46. The number of carbonyl (C=O) groups excluding carboxylic acids is 6. The van der Waals surface area contributed by atoms with Gasteiger partial charge in [0.1, 0.15) is 49.2 Å². The minimum Gasteiger partial charge on any atom is -0.350 e. The summed E-state index contributed by atoms with van der Waals surface area (Å²) >= 11 is 11.6. The highest BCUT2D eigenvalue weighted by molar-refractivity contribution is 7.62. The Morgan fingerprint density at radius 1 is 0.641 bits per heavy atom. The van der Waals surface area contributed by atoms with Crippen molar-refractivity contribution in [3.8, 4) is 0 Å². The number of fused-ring (bicyclic) bond motifs is 2. The van der Waals surface area contributed by atoms with Crippen molar-refractivity contribution >= 4 is 106 Å². The molecule has 4 heterocycles. The highest BCUT2D eigenvalue weighted by Gasteiger charge is 2.41. The van der Waals surface area contributed by atoms with E-state index in [4.69, 9.17) is 32.2 Å². The molecule has 4 N–H and O–H groups in total. The maximum Gasteiger partial charge on any atom is 0.361 e. The molecule has 4 aromatic carbocycles. The second kappa shape index (κ2) is 24.8. The molecular weight excluding hydrogens is 1110 g/mol. The first-order valence-electron chi connectivity index (χ1n) is 24.4. The van der Waals surface area contributed by atoms with Gasteiger partial charge in [0.15, 0.2) is 11.6 Å². The van der Waals surface area contributed by atoms with Crippen LogP contribution in [0.4, 0.5) is 17.6 Å². The van der Waals surface area contributed by atoms with Gasteiger partial charge in [0.25, 0.3) is 0 Å². The Hall–Kier alpha value is -6.22. The average molecular weight is 1160 g/mol. The molecule has 2 fully saturated rings. The summed E-state index contributed by atoms with van der Waals surface area (Å²) in [5.41, 5.74) is 1.51. The molecule has 0 saturated carbocycles. The molecule has 4 atom stereocenters. The van der Waals surface area contributed by atoms with Crippen molar-refractivity contribution < 1.29 is 74.3 Å². The smallest absolute Gasteiger partial charge is 0.350 e. The molecule has 2 aliphatic rings. The number of benzene rings is 4. The minimum absolute atomic E-state index is 0.0934. The standard InChI is InChI=1S/C28H31ClF2N3O6P.C24H23ClF2N3O6P/c1-4-39-41(38,40-5-2)20-9-10-21-22(17(3)35)15-33(24(21)12-20)16-26(36)34-14-19(30)11-25(34)28(37)32-13-18-7-6-8-23(29)27(18)31;1-13(31)18-11-29(20-8-16(37(34,35)36)5-6-17(18)20)12-22(32)30-10-15(26)7-21(30)24(33)28-9-14-3-2-4-19(25)23(14)27/h6-10,12,15,19,25H,4-5,11,13-14,16H2,1-3H3,(H,32,37);2-6,8,11,15,21H,7,9-10,12H2,1H3,(H,28,33)(H2,34,35,36)/t19-,25+;15-,21+/m11/s1. The first kappa shape index (κ1) is 59.4. The van der Waals surface area contributed by atoms with Crippen molar-refractivity contribution in [1.82, 2.24) is 29.6 Å². The van der Waals surface area contributed by atoms with Gasteiger partial charge in [0, 0.05) is 71.4 Å². The number of alkyl halides is 2. The van der Waals surface area contributed by atoms with Crippen LogP contribution in [0.2, 0.25) is 10.0 Å². The number of aromatic nitrogens is 2. The van der Waals surface area contributed by atoms with Crippen molar-refractivity contribution in [2.75, 3.05) is 26.3 Å². The van der Waals surface area contributed by atoms with Gasteiger partial charge >= 0.3 is 15.2 Å². The monoisotopic (exact) mass is 1160 g/mol. The van der Waals surface area contributed by atoms with E-state index < -0.39 is 81.4 Å². The van der Waals surface area contributed by atoms with Gasteiger partial charge in [-0.15, -0.1) is 0 Å². The third kappa shape index (κ3) is 13.3. The van der Waals surface area contributed by atoms with Crippen LogP contribution in [0.5, 0.6) is 0 Å². The normalized spacial score (nSPS) is 17.5. The zero-order chi connectivity index (χ0) is 57.0. The van der Waals surface area contributed by atoms with Crippen LogP contribution >= 0.6 is 38.4 Å². The average Bonchev–Trinajstić information content (AvgIpc) is 4.17. The van der Waals surface area contributed by atoms with Gasteiger partial charge in [-0.25, -0.2) is 17.6 Å². The molecule has 0 aliphatic carbocycles. The lowest BCUT2D eigenvalue weighted by molar-refractivity contribution is -0.139. The SMILES string of the molecule is CC(=O)c1cn(CC(=O)N2C[C@H](F)C[C@H]2C(=O)NCc2cccc(Cl)c2F)c2cc(P(=O)(O)O)ccc12.CCOP(=O)(OCC)c1ccc2c(C(C)=O)cn(CC(=O)N3C[C@H](F)C[C@H]3C(=O)NCc3cccc(Cl)c3F)c2c1. The van der Waals surface area contributed by atoms with E-state index in [2.05, 4.69) is 10.6 Å². The molecule has 0 unspecified atom stereocenters. The van der Waals surface area contributed by atoms with Gasteiger partial charge in [-0.2, -0.15) is 0 Å². The molecule has 0 spiro atoms. The zero-order valence-corrected chi connectivity index (χ0v) is 45.7. The Balaban J connectivity index is 0.000000227. The molecule has 0 bridgehead atoms. The fourth-order valence-corrected chi connectivity index (χ4v) is 11.9. The van der Waals surface area contributed by atoms with E-state index in [1.54, 1.807) is 38.1 Å². The summed E-state index contributed by atoms with van der Waals surface area (Å²) in [7, 11) is -8.28. The molecule has 6 aromatic rings. The van der Waals surface area contributed by atoms with Crippen LogP contribution in [0, 0.1) is 11.6 Å². The molecule has 4 amide bonds. The molecular formula is C52H54Cl2F4N6O12P2. The number of halogens is 6. The van der Waals surface area contributed by atoms with Gasteiger partial charge < -0.3 is 48.4 Å². The van der Waals surface area contributed by atoms with Crippen LogP contribution in [0.1, 0.15) is 72.4 Å². The van der Waals surface area contributed by atoms with E-state index in [1.165, 1.54) is 83.9 Å². The van der Waals surface area contributed by atoms with Crippen LogP contribution in [0.15, 0.2) is 85.2 Å². The largest absolute Gasteiger partial charge is 0.361 e. The fraction of sp³-hybridized carbons (Fsp3) is 0.346. The molecule has 2 aromatic heterocycles. The van der Waals surface area contributed by atoms with Gasteiger partial charge in [0.05, 0.1) is 58.0 Å². The quantitative estimate of drug-likeness (QED) is 0.0373. The molecule has 18 nitrogen and oxygen atoms in total. The number of rotatable bonds is 18. The minimum atomic E-state index is -4.61. The first-order valence-corrected chi connectivity index (χ1v) is 28.3. The molecule has 0 radical (unpaired) electrons. The third-order valence-corrected chi connectivity index (χ3v) is 16.7. The Kier molecular flexibility index (Phi) is 18.9. The van der Waals surface area contributed by atoms with E-state index in [9.17, 15) is 65.2 Å². The predicted molar refractivity (Wildman–Crippen MR) is 283 cm³/mol. The number of ketones is 2. The van der Waals surface area contributed by atoms with Crippen molar-refractivity contribution in [2.45, 2.75) is 91.1 Å².